The molecule has 0 aliphatic heterocycles. The van der Waals surface area contributed by atoms with Gasteiger partial charge in [-0.15, -0.1) is 0 Å². The molecule has 0 spiro atoms. The van der Waals surface area contributed by atoms with E-state index in [1.54, 1.807) is 11.1 Å². The van der Waals surface area contributed by atoms with E-state index in [1.165, 1.54) is 69.8 Å². The average Bonchev–Trinajstić information content (AvgIpc) is 2.72. The van der Waals surface area contributed by atoms with E-state index in [9.17, 15) is 0 Å². The van der Waals surface area contributed by atoms with Crippen LogP contribution in [0.25, 0.3) is 0 Å². The standard InChI is InChI=1S/C18H27N/c19-14-18(11-5-2-6-12-18)17-10-9-15-7-3-1-4-8-16(15)13-17/h9-10,13H,1-8,11-12,14,19H2. The number of aryl methyl sites for hydroxylation is 2. The summed E-state index contributed by atoms with van der Waals surface area (Å²) in [4.78, 5) is 0. The number of hydrogen-bond acceptors (Lipinski definition) is 1. The van der Waals surface area contributed by atoms with Crippen molar-refractivity contribution >= 4 is 0 Å². The largest absolute Gasteiger partial charge is 0.330 e. The van der Waals surface area contributed by atoms with Gasteiger partial charge in [0.2, 0.25) is 0 Å². The average molecular weight is 257 g/mol. The van der Waals surface area contributed by atoms with Gasteiger partial charge in [-0.2, -0.15) is 0 Å². The van der Waals surface area contributed by atoms with Crippen molar-refractivity contribution < 1.29 is 0 Å². The predicted octanol–water partition coefficient (Wildman–Crippen LogP) is 4.12. The molecule has 19 heavy (non-hydrogen) atoms. The van der Waals surface area contributed by atoms with Crippen molar-refractivity contribution in [2.24, 2.45) is 5.73 Å². The van der Waals surface area contributed by atoms with Crippen molar-refractivity contribution in [3.05, 3.63) is 34.9 Å². The van der Waals surface area contributed by atoms with Gasteiger partial charge in [0.1, 0.15) is 0 Å². The molecule has 3 rings (SSSR count). The Morgan fingerprint density at radius 3 is 2.26 bits per heavy atom. The van der Waals surface area contributed by atoms with Gasteiger partial charge in [0.25, 0.3) is 0 Å². The van der Waals surface area contributed by atoms with Crippen molar-refractivity contribution in [2.75, 3.05) is 6.54 Å². The summed E-state index contributed by atoms with van der Waals surface area (Å²) in [7, 11) is 0. The van der Waals surface area contributed by atoms with Gasteiger partial charge in [-0.25, -0.2) is 0 Å². The van der Waals surface area contributed by atoms with Crippen LogP contribution >= 0.6 is 0 Å². The van der Waals surface area contributed by atoms with E-state index in [0.717, 1.165) is 6.54 Å². The first kappa shape index (κ1) is 13.2. The minimum Gasteiger partial charge on any atom is -0.330 e. The van der Waals surface area contributed by atoms with Crippen LogP contribution in [0.2, 0.25) is 0 Å². The molecule has 1 aromatic carbocycles. The van der Waals surface area contributed by atoms with Gasteiger partial charge >= 0.3 is 0 Å². The van der Waals surface area contributed by atoms with Crippen molar-refractivity contribution in [1.29, 1.82) is 0 Å². The molecule has 104 valence electrons. The normalized spacial score (nSPS) is 22.6. The van der Waals surface area contributed by atoms with Gasteiger partial charge in [0.15, 0.2) is 0 Å². The van der Waals surface area contributed by atoms with E-state index in [4.69, 9.17) is 5.73 Å². The summed E-state index contributed by atoms with van der Waals surface area (Å²) in [5.74, 6) is 0. The van der Waals surface area contributed by atoms with Crippen LogP contribution in [0.1, 0.15) is 68.1 Å². The molecular formula is C18H27N. The lowest BCUT2D eigenvalue weighted by Crippen LogP contribution is -2.37. The Kier molecular flexibility index (Phi) is 3.93. The van der Waals surface area contributed by atoms with Crippen LogP contribution in [-0.2, 0) is 18.3 Å². The number of nitrogens with two attached hydrogens (primary N) is 1. The molecule has 1 fully saturated rings. The number of benzene rings is 1. The molecule has 0 saturated heterocycles. The molecule has 0 heterocycles. The van der Waals surface area contributed by atoms with E-state index in [2.05, 4.69) is 18.2 Å². The van der Waals surface area contributed by atoms with E-state index in [1.807, 2.05) is 0 Å². The lowest BCUT2D eigenvalue weighted by Gasteiger charge is -2.37. The maximum absolute atomic E-state index is 6.18. The number of fused-ring (bicyclic) bond motifs is 1. The summed E-state index contributed by atoms with van der Waals surface area (Å²) in [6, 6.07) is 7.31. The van der Waals surface area contributed by atoms with Crippen LogP contribution in [0.3, 0.4) is 0 Å². The zero-order valence-electron chi connectivity index (χ0n) is 12.1. The number of hydrogen-bond donors (Lipinski definition) is 1. The van der Waals surface area contributed by atoms with Crippen LogP contribution in [-0.4, -0.2) is 6.54 Å². The molecule has 0 amide bonds. The Morgan fingerprint density at radius 1 is 0.842 bits per heavy atom. The second kappa shape index (κ2) is 5.66. The molecule has 0 bridgehead atoms. The smallest absolute Gasteiger partial charge is 0.00756 e. The zero-order valence-corrected chi connectivity index (χ0v) is 12.1. The molecule has 2 N–H and O–H groups in total. The quantitative estimate of drug-likeness (QED) is 0.793. The Balaban J connectivity index is 1.93. The summed E-state index contributed by atoms with van der Waals surface area (Å²) in [5, 5.41) is 0. The van der Waals surface area contributed by atoms with Crippen LogP contribution in [0.5, 0.6) is 0 Å². The van der Waals surface area contributed by atoms with Gasteiger partial charge in [-0.3, -0.25) is 0 Å². The first-order valence-corrected chi connectivity index (χ1v) is 8.16. The Labute approximate surface area is 117 Å². The fourth-order valence-corrected chi connectivity index (χ4v) is 4.08. The summed E-state index contributed by atoms with van der Waals surface area (Å²) in [5.41, 5.74) is 11.2. The molecule has 1 aromatic rings. The Morgan fingerprint density at radius 2 is 1.53 bits per heavy atom. The highest BCUT2D eigenvalue weighted by Crippen LogP contribution is 2.39. The van der Waals surface area contributed by atoms with Crippen LogP contribution < -0.4 is 5.73 Å². The lowest BCUT2D eigenvalue weighted by molar-refractivity contribution is 0.300. The monoisotopic (exact) mass is 257 g/mol. The molecule has 0 aromatic heterocycles. The highest BCUT2D eigenvalue weighted by Gasteiger charge is 2.32. The maximum atomic E-state index is 6.18. The van der Waals surface area contributed by atoms with E-state index in [-0.39, 0.29) is 0 Å². The topological polar surface area (TPSA) is 26.0 Å². The highest BCUT2D eigenvalue weighted by molar-refractivity contribution is 5.37. The highest BCUT2D eigenvalue weighted by atomic mass is 14.6. The first-order valence-electron chi connectivity index (χ1n) is 8.16. The molecular weight excluding hydrogens is 230 g/mol. The van der Waals surface area contributed by atoms with Crippen molar-refractivity contribution in [3.8, 4) is 0 Å². The molecule has 1 heteroatoms. The maximum Gasteiger partial charge on any atom is 0.00756 e. The molecule has 0 radical (unpaired) electrons. The predicted molar refractivity (Wildman–Crippen MR) is 81.5 cm³/mol. The summed E-state index contributed by atoms with van der Waals surface area (Å²) in [6.07, 6.45) is 13.4. The molecule has 1 saturated carbocycles. The second-order valence-corrected chi connectivity index (χ2v) is 6.59. The van der Waals surface area contributed by atoms with Gasteiger partial charge < -0.3 is 5.73 Å². The Bertz CT molecular complexity index is 429. The molecule has 2 aliphatic carbocycles. The third-order valence-corrected chi connectivity index (χ3v) is 5.41. The van der Waals surface area contributed by atoms with Crippen molar-refractivity contribution in [2.45, 2.75) is 69.6 Å². The number of rotatable bonds is 2. The second-order valence-electron chi connectivity index (χ2n) is 6.59. The molecule has 2 aliphatic rings. The summed E-state index contributed by atoms with van der Waals surface area (Å²) >= 11 is 0. The van der Waals surface area contributed by atoms with Crippen LogP contribution in [0.15, 0.2) is 18.2 Å². The van der Waals surface area contributed by atoms with E-state index >= 15 is 0 Å². The molecule has 1 nitrogen and oxygen atoms in total. The third kappa shape index (κ3) is 2.58. The summed E-state index contributed by atoms with van der Waals surface area (Å²) < 4.78 is 0. The van der Waals surface area contributed by atoms with Gasteiger partial charge in [0.05, 0.1) is 0 Å². The van der Waals surface area contributed by atoms with Crippen LogP contribution in [0, 0.1) is 0 Å². The third-order valence-electron chi connectivity index (χ3n) is 5.41. The Hall–Kier alpha value is -0.820. The van der Waals surface area contributed by atoms with Crippen molar-refractivity contribution in [3.63, 3.8) is 0 Å². The van der Waals surface area contributed by atoms with E-state index in [0.29, 0.717) is 5.41 Å². The fraction of sp³-hybridized carbons (Fsp3) is 0.667. The SMILES string of the molecule is NCC1(c2ccc3c(c2)CCCCC3)CCCCC1. The zero-order chi connectivity index (χ0) is 13.1. The molecule has 0 unspecified atom stereocenters. The minimum absolute atomic E-state index is 0.291. The minimum atomic E-state index is 0.291. The lowest BCUT2D eigenvalue weighted by atomic mass is 9.69. The van der Waals surface area contributed by atoms with Gasteiger partial charge in [-0.1, -0.05) is 43.9 Å². The van der Waals surface area contributed by atoms with Crippen molar-refractivity contribution in [1.82, 2.24) is 0 Å². The van der Waals surface area contributed by atoms with Gasteiger partial charge in [-0.05, 0) is 55.2 Å². The van der Waals surface area contributed by atoms with Gasteiger partial charge in [0, 0.05) is 12.0 Å². The van der Waals surface area contributed by atoms with E-state index < -0.39 is 0 Å². The molecule has 0 atom stereocenters. The first-order chi connectivity index (χ1) is 9.34. The summed E-state index contributed by atoms with van der Waals surface area (Å²) in [6.45, 7) is 0.825. The van der Waals surface area contributed by atoms with Crippen LogP contribution in [0.4, 0.5) is 0 Å². The fourth-order valence-electron chi connectivity index (χ4n) is 4.08.